The lowest BCUT2D eigenvalue weighted by Gasteiger charge is -2.20. The Morgan fingerprint density at radius 1 is 0.432 bits per heavy atom. The van der Waals surface area contributed by atoms with E-state index in [1.54, 1.807) is 0 Å². The number of carbonyl (C=O) groups excluding carboxylic acids is 1. The summed E-state index contributed by atoms with van der Waals surface area (Å²) in [4.78, 5) is 8.00. The van der Waals surface area contributed by atoms with Gasteiger partial charge in [-0.25, -0.2) is 0 Å². The van der Waals surface area contributed by atoms with Crippen molar-refractivity contribution in [3.05, 3.63) is 155 Å². The molecule has 0 fully saturated rings. The van der Waals surface area contributed by atoms with Crippen LogP contribution in [0.3, 0.4) is 0 Å². The monoisotopic (exact) mass is 486 g/mol. The second-order valence-electron chi connectivity index (χ2n) is 8.81. The fourth-order valence-corrected chi connectivity index (χ4v) is 4.16. The summed E-state index contributed by atoms with van der Waals surface area (Å²) < 4.78 is 12.1. The van der Waals surface area contributed by atoms with Crippen LogP contribution in [0.15, 0.2) is 127 Å². The maximum atomic E-state index is 8.00. The minimum absolute atomic E-state index is 0.109. The van der Waals surface area contributed by atoms with E-state index in [9.17, 15) is 0 Å². The molecule has 5 rings (SSSR count). The minimum Gasteiger partial charge on any atom is -0.457 e. The van der Waals surface area contributed by atoms with E-state index in [1.165, 1.54) is 27.8 Å². The number of benzene rings is 5. The topological polar surface area (TPSA) is 35.5 Å². The van der Waals surface area contributed by atoms with E-state index in [1.807, 2.05) is 55.3 Å². The normalized spacial score (nSPS) is 10.4. The Balaban J connectivity index is 0.00000156. The van der Waals surface area contributed by atoms with Gasteiger partial charge in [0.2, 0.25) is 0 Å². The van der Waals surface area contributed by atoms with Crippen LogP contribution in [0.1, 0.15) is 33.7 Å². The van der Waals surface area contributed by atoms with E-state index in [0.29, 0.717) is 0 Å². The van der Waals surface area contributed by atoms with Crippen LogP contribution in [0.25, 0.3) is 0 Å². The molecule has 5 aromatic carbocycles. The lowest BCUT2D eigenvalue weighted by molar-refractivity contribution is -0.0979. The van der Waals surface area contributed by atoms with Crippen molar-refractivity contribution in [2.45, 2.75) is 19.8 Å². The molecule has 37 heavy (non-hydrogen) atoms. The van der Waals surface area contributed by atoms with Crippen molar-refractivity contribution >= 4 is 6.79 Å². The smallest absolute Gasteiger partial charge is 0.127 e. The highest BCUT2D eigenvalue weighted by molar-refractivity contribution is 5.46. The SMILES string of the molecule is C=O.Cc1ccc(Oc2ccc(C(c3ccccc3)c3ccc(Oc4ccc(C)cc4)cc3)cc2)cc1. The standard InChI is InChI=1S/C33H28O2.CH2O/c1-24-8-16-29(17-9-24)34-31-20-12-27(13-21-31)33(26-6-4-3-5-7-26)28-14-22-32(23-15-28)35-30-18-10-25(2)11-19-30;1-2/h3-23,33H,1-2H3;1H2. The molecule has 0 bridgehead atoms. The van der Waals surface area contributed by atoms with Crippen LogP contribution >= 0.6 is 0 Å². The number of rotatable bonds is 7. The summed E-state index contributed by atoms with van der Waals surface area (Å²) >= 11 is 0. The largest absolute Gasteiger partial charge is 0.457 e. The lowest BCUT2D eigenvalue weighted by atomic mass is 9.85. The molecule has 0 aromatic heterocycles. The molecule has 0 heterocycles. The molecular formula is C34H30O3. The van der Waals surface area contributed by atoms with Gasteiger partial charge >= 0.3 is 0 Å². The van der Waals surface area contributed by atoms with Crippen molar-refractivity contribution in [2.24, 2.45) is 0 Å². The fourth-order valence-electron chi connectivity index (χ4n) is 4.16. The van der Waals surface area contributed by atoms with Crippen LogP contribution in [0.4, 0.5) is 0 Å². The molecule has 0 aliphatic rings. The number of ether oxygens (including phenoxy) is 2. The fraction of sp³-hybridized carbons (Fsp3) is 0.0882. The highest BCUT2D eigenvalue weighted by Gasteiger charge is 2.17. The van der Waals surface area contributed by atoms with Crippen molar-refractivity contribution in [1.29, 1.82) is 0 Å². The molecular weight excluding hydrogens is 456 g/mol. The van der Waals surface area contributed by atoms with Crippen LogP contribution < -0.4 is 9.47 Å². The maximum Gasteiger partial charge on any atom is 0.127 e. The average Bonchev–Trinajstić information content (AvgIpc) is 2.95. The second kappa shape index (κ2) is 12.4. The Labute approximate surface area is 219 Å². The molecule has 0 saturated carbocycles. The molecule has 0 aliphatic heterocycles. The Morgan fingerprint density at radius 2 is 0.730 bits per heavy atom. The number of carbonyl (C=O) groups is 1. The van der Waals surface area contributed by atoms with Crippen molar-refractivity contribution in [3.8, 4) is 23.0 Å². The van der Waals surface area contributed by atoms with Crippen molar-refractivity contribution in [1.82, 2.24) is 0 Å². The Kier molecular flexibility index (Phi) is 8.51. The first-order valence-corrected chi connectivity index (χ1v) is 12.2. The van der Waals surface area contributed by atoms with Gasteiger partial charge < -0.3 is 14.3 Å². The van der Waals surface area contributed by atoms with E-state index in [-0.39, 0.29) is 5.92 Å². The molecule has 0 saturated heterocycles. The van der Waals surface area contributed by atoms with Gasteiger partial charge in [-0.1, -0.05) is 90.0 Å². The van der Waals surface area contributed by atoms with Gasteiger partial charge in [0.1, 0.15) is 29.8 Å². The molecule has 0 atom stereocenters. The third kappa shape index (κ3) is 6.74. The molecule has 0 amide bonds. The molecule has 184 valence electrons. The molecule has 5 aromatic rings. The first kappa shape index (κ1) is 25.5. The molecule has 0 aliphatic carbocycles. The summed E-state index contributed by atoms with van der Waals surface area (Å²) in [6.45, 7) is 6.15. The predicted molar refractivity (Wildman–Crippen MR) is 150 cm³/mol. The van der Waals surface area contributed by atoms with Gasteiger partial charge in [-0.3, -0.25) is 0 Å². The van der Waals surface area contributed by atoms with Crippen LogP contribution in [0, 0.1) is 13.8 Å². The van der Waals surface area contributed by atoms with Gasteiger partial charge in [0, 0.05) is 5.92 Å². The summed E-state index contributed by atoms with van der Waals surface area (Å²) in [6.07, 6.45) is 0. The van der Waals surface area contributed by atoms with E-state index in [2.05, 4.69) is 92.7 Å². The van der Waals surface area contributed by atoms with Gasteiger partial charge in [0.25, 0.3) is 0 Å². The van der Waals surface area contributed by atoms with E-state index in [4.69, 9.17) is 14.3 Å². The van der Waals surface area contributed by atoms with Crippen molar-refractivity contribution in [2.75, 3.05) is 0 Å². The van der Waals surface area contributed by atoms with Crippen LogP contribution in [-0.2, 0) is 4.79 Å². The van der Waals surface area contributed by atoms with Gasteiger partial charge in [0.15, 0.2) is 0 Å². The van der Waals surface area contributed by atoms with Crippen molar-refractivity contribution < 1.29 is 14.3 Å². The summed E-state index contributed by atoms with van der Waals surface area (Å²) in [6, 6.07) is 43.6. The van der Waals surface area contributed by atoms with E-state index >= 15 is 0 Å². The molecule has 0 unspecified atom stereocenters. The Bertz CT molecular complexity index is 1280. The van der Waals surface area contributed by atoms with E-state index in [0.717, 1.165) is 23.0 Å². The van der Waals surface area contributed by atoms with Gasteiger partial charge in [0.05, 0.1) is 0 Å². The van der Waals surface area contributed by atoms with Gasteiger partial charge in [-0.05, 0) is 79.1 Å². The predicted octanol–water partition coefficient (Wildman–Crippen LogP) is 8.88. The minimum atomic E-state index is 0.109. The summed E-state index contributed by atoms with van der Waals surface area (Å²) in [5.41, 5.74) is 6.09. The number of hydrogen-bond acceptors (Lipinski definition) is 3. The number of aryl methyl sites for hydroxylation is 2. The van der Waals surface area contributed by atoms with Gasteiger partial charge in [-0.2, -0.15) is 0 Å². The second-order valence-corrected chi connectivity index (χ2v) is 8.81. The van der Waals surface area contributed by atoms with Crippen LogP contribution in [0.2, 0.25) is 0 Å². The van der Waals surface area contributed by atoms with E-state index < -0.39 is 0 Å². The van der Waals surface area contributed by atoms with Crippen LogP contribution in [-0.4, -0.2) is 6.79 Å². The van der Waals surface area contributed by atoms with Gasteiger partial charge in [-0.15, -0.1) is 0 Å². The zero-order valence-electron chi connectivity index (χ0n) is 21.1. The third-order valence-electron chi connectivity index (χ3n) is 6.07. The summed E-state index contributed by atoms with van der Waals surface area (Å²) in [5.74, 6) is 3.44. The van der Waals surface area contributed by atoms with Crippen LogP contribution in [0.5, 0.6) is 23.0 Å². The quantitative estimate of drug-likeness (QED) is 0.216. The first-order chi connectivity index (χ1) is 18.1. The molecule has 0 radical (unpaired) electrons. The molecule has 0 spiro atoms. The third-order valence-corrected chi connectivity index (χ3v) is 6.07. The molecule has 3 nitrogen and oxygen atoms in total. The zero-order valence-corrected chi connectivity index (χ0v) is 21.1. The maximum absolute atomic E-state index is 8.00. The molecule has 3 heteroatoms. The summed E-state index contributed by atoms with van der Waals surface area (Å²) in [5, 5.41) is 0. The number of hydrogen-bond donors (Lipinski definition) is 0. The average molecular weight is 487 g/mol. The Morgan fingerprint density at radius 3 is 1.08 bits per heavy atom. The van der Waals surface area contributed by atoms with Crippen molar-refractivity contribution in [3.63, 3.8) is 0 Å². The highest BCUT2D eigenvalue weighted by Crippen LogP contribution is 2.35. The summed E-state index contributed by atoms with van der Waals surface area (Å²) in [7, 11) is 0. The molecule has 0 N–H and O–H groups in total. The lowest BCUT2D eigenvalue weighted by Crippen LogP contribution is -2.03. The Hall–Kier alpha value is -4.63. The highest BCUT2D eigenvalue weighted by atomic mass is 16.5. The zero-order chi connectivity index (χ0) is 26.0. The first-order valence-electron chi connectivity index (χ1n) is 12.2.